The molecule has 0 aliphatic heterocycles. The normalized spacial score (nSPS) is 12.1. The lowest BCUT2D eigenvalue weighted by Gasteiger charge is -2.16. The van der Waals surface area contributed by atoms with Crippen molar-refractivity contribution in [1.29, 1.82) is 0 Å². The van der Waals surface area contributed by atoms with Crippen molar-refractivity contribution in [2.75, 3.05) is 13.2 Å². The fraction of sp³-hybridized carbons (Fsp3) is 0.500. The average molecular weight is 235 g/mol. The van der Waals surface area contributed by atoms with Crippen molar-refractivity contribution in [1.82, 2.24) is 5.32 Å². The summed E-state index contributed by atoms with van der Waals surface area (Å²) < 4.78 is 5.00. The van der Waals surface area contributed by atoms with E-state index < -0.39 is 0 Å². The van der Waals surface area contributed by atoms with Gasteiger partial charge in [-0.15, -0.1) is 0 Å². The summed E-state index contributed by atoms with van der Waals surface area (Å²) in [4.78, 5) is 10.7. The molecule has 1 aromatic rings. The van der Waals surface area contributed by atoms with Crippen LogP contribution in [0.25, 0.3) is 0 Å². The van der Waals surface area contributed by atoms with E-state index in [0.717, 1.165) is 19.4 Å². The van der Waals surface area contributed by atoms with Gasteiger partial charge < -0.3 is 10.1 Å². The predicted molar refractivity (Wildman–Crippen MR) is 68.9 cm³/mol. The van der Waals surface area contributed by atoms with Crippen LogP contribution in [0.15, 0.2) is 30.3 Å². The SMILES string of the molecule is CCC(COC(C)=O)NCCc1ccccc1. The van der Waals surface area contributed by atoms with Crippen molar-refractivity contribution in [2.45, 2.75) is 32.7 Å². The van der Waals surface area contributed by atoms with E-state index in [1.54, 1.807) is 0 Å². The van der Waals surface area contributed by atoms with Crippen LogP contribution in [0.1, 0.15) is 25.8 Å². The number of benzene rings is 1. The molecule has 1 aromatic carbocycles. The second-order valence-corrected chi connectivity index (χ2v) is 4.10. The van der Waals surface area contributed by atoms with Gasteiger partial charge in [0.2, 0.25) is 0 Å². The van der Waals surface area contributed by atoms with Gasteiger partial charge in [0.15, 0.2) is 0 Å². The third kappa shape index (κ3) is 6.07. The van der Waals surface area contributed by atoms with Crippen LogP contribution in [-0.2, 0) is 16.0 Å². The molecule has 17 heavy (non-hydrogen) atoms. The fourth-order valence-electron chi connectivity index (χ4n) is 1.60. The maximum atomic E-state index is 10.7. The smallest absolute Gasteiger partial charge is 0.302 e. The van der Waals surface area contributed by atoms with E-state index in [1.807, 2.05) is 18.2 Å². The Kier molecular flexibility index (Phi) is 6.33. The molecule has 1 atom stereocenters. The zero-order valence-electron chi connectivity index (χ0n) is 10.6. The lowest BCUT2D eigenvalue weighted by atomic mass is 10.1. The molecule has 0 radical (unpaired) electrons. The second-order valence-electron chi connectivity index (χ2n) is 4.10. The highest BCUT2D eigenvalue weighted by Crippen LogP contribution is 1.99. The number of hydrogen-bond donors (Lipinski definition) is 1. The molecule has 3 nitrogen and oxygen atoms in total. The minimum absolute atomic E-state index is 0.215. The van der Waals surface area contributed by atoms with Crippen molar-refractivity contribution in [3.05, 3.63) is 35.9 Å². The molecule has 1 unspecified atom stereocenters. The minimum atomic E-state index is -0.215. The quantitative estimate of drug-likeness (QED) is 0.736. The Morgan fingerprint density at radius 3 is 2.65 bits per heavy atom. The molecular weight excluding hydrogens is 214 g/mol. The topological polar surface area (TPSA) is 38.3 Å². The second kappa shape index (κ2) is 7.85. The van der Waals surface area contributed by atoms with E-state index in [2.05, 4.69) is 24.4 Å². The third-order valence-corrected chi connectivity index (χ3v) is 2.67. The van der Waals surface area contributed by atoms with Crippen LogP contribution in [0.3, 0.4) is 0 Å². The van der Waals surface area contributed by atoms with Crippen LogP contribution in [0.4, 0.5) is 0 Å². The standard InChI is InChI=1S/C14H21NO2/c1-3-14(11-17-12(2)16)15-10-9-13-7-5-4-6-8-13/h4-8,14-15H,3,9-11H2,1-2H3. The fourth-order valence-corrected chi connectivity index (χ4v) is 1.60. The van der Waals surface area contributed by atoms with Crippen LogP contribution in [0, 0.1) is 0 Å². The van der Waals surface area contributed by atoms with Crippen LogP contribution in [-0.4, -0.2) is 25.2 Å². The molecule has 0 saturated heterocycles. The molecule has 0 spiro atoms. The molecule has 0 amide bonds. The Morgan fingerprint density at radius 1 is 1.35 bits per heavy atom. The highest BCUT2D eigenvalue weighted by Gasteiger charge is 2.06. The summed E-state index contributed by atoms with van der Waals surface area (Å²) in [6.45, 7) is 4.89. The zero-order valence-corrected chi connectivity index (χ0v) is 10.6. The Morgan fingerprint density at radius 2 is 2.06 bits per heavy atom. The first kappa shape index (κ1) is 13.7. The van der Waals surface area contributed by atoms with Gasteiger partial charge in [-0.05, 0) is 24.9 Å². The van der Waals surface area contributed by atoms with E-state index >= 15 is 0 Å². The zero-order chi connectivity index (χ0) is 12.5. The van der Waals surface area contributed by atoms with Gasteiger partial charge in [0.25, 0.3) is 0 Å². The van der Waals surface area contributed by atoms with Gasteiger partial charge in [-0.25, -0.2) is 0 Å². The van der Waals surface area contributed by atoms with E-state index in [1.165, 1.54) is 12.5 Å². The first-order valence-electron chi connectivity index (χ1n) is 6.13. The summed E-state index contributed by atoms with van der Waals surface area (Å²) in [7, 11) is 0. The Hall–Kier alpha value is -1.35. The Labute approximate surface area is 103 Å². The van der Waals surface area contributed by atoms with Crippen molar-refractivity contribution in [3.8, 4) is 0 Å². The predicted octanol–water partition coefficient (Wildman–Crippen LogP) is 2.16. The van der Waals surface area contributed by atoms with Crippen LogP contribution in [0.2, 0.25) is 0 Å². The molecule has 0 fully saturated rings. The molecule has 1 rings (SSSR count). The number of esters is 1. The molecule has 0 saturated carbocycles. The Balaban J connectivity index is 2.21. The van der Waals surface area contributed by atoms with Crippen molar-refractivity contribution in [2.24, 2.45) is 0 Å². The van der Waals surface area contributed by atoms with E-state index in [0.29, 0.717) is 6.61 Å². The monoisotopic (exact) mass is 235 g/mol. The van der Waals surface area contributed by atoms with Crippen LogP contribution >= 0.6 is 0 Å². The largest absolute Gasteiger partial charge is 0.464 e. The lowest BCUT2D eigenvalue weighted by molar-refractivity contribution is -0.141. The molecule has 0 bridgehead atoms. The van der Waals surface area contributed by atoms with Crippen molar-refractivity contribution >= 4 is 5.97 Å². The van der Waals surface area contributed by atoms with Crippen molar-refractivity contribution in [3.63, 3.8) is 0 Å². The molecule has 3 heteroatoms. The van der Waals surface area contributed by atoms with Gasteiger partial charge in [-0.2, -0.15) is 0 Å². The maximum absolute atomic E-state index is 10.7. The van der Waals surface area contributed by atoms with E-state index in [-0.39, 0.29) is 12.0 Å². The number of carbonyl (C=O) groups is 1. The molecular formula is C14H21NO2. The average Bonchev–Trinajstić information content (AvgIpc) is 2.34. The molecule has 94 valence electrons. The van der Waals surface area contributed by atoms with Gasteiger partial charge in [0.1, 0.15) is 6.61 Å². The number of hydrogen-bond acceptors (Lipinski definition) is 3. The first-order chi connectivity index (χ1) is 8.22. The number of nitrogens with one attached hydrogen (secondary N) is 1. The first-order valence-corrected chi connectivity index (χ1v) is 6.13. The maximum Gasteiger partial charge on any atom is 0.302 e. The van der Waals surface area contributed by atoms with Gasteiger partial charge in [0, 0.05) is 13.0 Å². The highest BCUT2D eigenvalue weighted by atomic mass is 16.5. The summed E-state index contributed by atoms with van der Waals surface area (Å²) in [5, 5.41) is 3.40. The van der Waals surface area contributed by atoms with Gasteiger partial charge >= 0.3 is 5.97 Å². The van der Waals surface area contributed by atoms with E-state index in [4.69, 9.17) is 4.74 Å². The summed E-state index contributed by atoms with van der Waals surface area (Å²) in [5.74, 6) is -0.215. The number of carbonyl (C=O) groups excluding carboxylic acids is 1. The number of rotatable bonds is 7. The molecule has 1 N–H and O–H groups in total. The van der Waals surface area contributed by atoms with Gasteiger partial charge in [-0.3, -0.25) is 4.79 Å². The molecule has 0 aromatic heterocycles. The summed E-state index contributed by atoms with van der Waals surface area (Å²) in [6, 6.07) is 10.6. The third-order valence-electron chi connectivity index (χ3n) is 2.67. The van der Waals surface area contributed by atoms with Crippen LogP contribution in [0.5, 0.6) is 0 Å². The number of ether oxygens (including phenoxy) is 1. The molecule has 0 aliphatic rings. The van der Waals surface area contributed by atoms with Gasteiger partial charge in [-0.1, -0.05) is 37.3 Å². The lowest BCUT2D eigenvalue weighted by Crippen LogP contribution is -2.34. The molecule has 0 heterocycles. The Bertz CT molecular complexity index is 324. The summed E-state index contributed by atoms with van der Waals surface area (Å²) >= 11 is 0. The minimum Gasteiger partial charge on any atom is -0.464 e. The van der Waals surface area contributed by atoms with Gasteiger partial charge in [0.05, 0.1) is 0 Å². The van der Waals surface area contributed by atoms with Crippen molar-refractivity contribution < 1.29 is 9.53 Å². The highest BCUT2D eigenvalue weighted by molar-refractivity contribution is 5.65. The summed E-state index contributed by atoms with van der Waals surface area (Å²) in [5.41, 5.74) is 1.32. The summed E-state index contributed by atoms with van der Waals surface area (Å²) in [6.07, 6.45) is 1.96. The van der Waals surface area contributed by atoms with E-state index in [9.17, 15) is 4.79 Å². The molecule has 0 aliphatic carbocycles. The van der Waals surface area contributed by atoms with Crippen LogP contribution < -0.4 is 5.32 Å².